The Morgan fingerprint density at radius 1 is 0.234 bits per heavy atom. The molecule has 13 aromatic rings. The Bertz CT molecular complexity index is 4710. The van der Waals surface area contributed by atoms with Gasteiger partial charge < -0.3 is 76.3 Å². The van der Waals surface area contributed by atoms with Crippen LogP contribution in [0.25, 0.3) is 0 Å². The minimum atomic E-state index is -1.31. The minimum absolute atomic E-state index is 0. The maximum atomic E-state index is 11.7. The summed E-state index contributed by atoms with van der Waals surface area (Å²) < 4.78 is 0. The van der Waals surface area contributed by atoms with Gasteiger partial charge in [0.15, 0.2) is 0 Å². The Morgan fingerprint density at radius 2 is 0.387 bits per heavy atom. The van der Waals surface area contributed by atoms with E-state index in [1.807, 2.05) is 36.4 Å². The molecule has 0 unspecified atom stereocenters. The maximum absolute atomic E-state index is 11.7. The Labute approximate surface area is 668 Å². The summed E-state index contributed by atoms with van der Waals surface area (Å²) in [6.07, 6.45) is 9.16. The van der Waals surface area contributed by atoms with Crippen LogP contribution < -0.4 is 61.9 Å². The molecule has 0 spiro atoms. The number of aromatic carboxylic acids is 3. The number of aromatic nitrogens is 3. The van der Waals surface area contributed by atoms with Crippen LogP contribution in [0.5, 0.6) is 34.5 Å². The fourth-order valence-electron chi connectivity index (χ4n) is 9.41. The SMILES string of the molecule is O=C([O-])c1ccc(Nc2nc(Nc3ccc(C(=O)[O-])cc3)nc(Nc3ccc(C(=O)[O-])cc3)n2)cc1.[Fe+3].[Fe+3].[Fe+3].[O-]c1ccccc1C=Nc1ccccc1N=Cc1ccccc1[O-].[O-]c1ccccc1C=Nc1ccccc1N=Cc1ccccc1[O-].[O-]c1ccccc1C=Nc1ccccc1N=Cc1ccccc1[O-]. The van der Waals surface area contributed by atoms with Gasteiger partial charge in [-0.15, -0.1) is 34.5 Å². The molecule has 0 saturated heterocycles. The summed E-state index contributed by atoms with van der Waals surface area (Å²) in [6.45, 7) is 0. The predicted octanol–water partition coefficient (Wildman–Crippen LogP) is 10.2. The number of nitrogens with zero attached hydrogens (tertiary/aromatic N) is 9. The molecule has 0 fully saturated rings. The van der Waals surface area contributed by atoms with Crippen LogP contribution in [0.1, 0.15) is 64.5 Å². The molecular weight excluding hydrogens is 1540 g/mol. The second-order valence-corrected chi connectivity index (χ2v) is 22.5. The largest absolute Gasteiger partial charge is 3.00 e. The van der Waals surface area contributed by atoms with E-state index in [9.17, 15) is 60.3 Å². The normalized spacial score (nSPS) is 10.7. The third-order valence-corrected chi connectivity index (χ3v) is 15.0. The van der Waals surface area contributed by atoms with Crippen LogP contribution in [0, 0.1) is 0 Å². The first-order valence-corrected chi connectivity index (χ1v) is 32.6. The molecule has 0 aliphatic carbocycles. The molecule has 1 heterocycles. The van der Waals surface area contributed by atoms with Crippen LogP contribution in [0.15, 0.2) is 321 Å². The number of para-hydroxylation sites is 12. The van der Waals surface area contributed by atoms with Crippen molar-refractivity contribution in [1.82, 2.24) is 15.0 Å². The number of carboxylic acids is 3. The van der Waals surface area contributed by atoms with Crippen LogP contribution in [0.2, 0.25) is 0 Å². The van der Waals surface area contributed by atoms with E-state index in [0.717, 1.165) is 0 Å². The van der Waals surface area contributed by atoms with Gasteiger partial charge in [-0.25, -0.2) is 0 Å². The van der Waals surface area contributed by atoms with Crippen molar-refractivity contribution in [2.45, 2.75) is 0 Å². The third kappa shape index (κ3) is 25.8. The molecule has 1 aromatic heterocycles. The molecule has 3 N–H and O–H groups in total. The quantitative estimate of drug-likeness (QED) is 0.0444. The first kappa shape index (κ1) is 84.1. The van der Waals surface area contributed by atoms with Crippen LogP contribution in [0.4, 0.5) is 69.0 Å². The van der Waals surface area contributed by atoms with E-state index >= 15 is 0 Å². The molecule has 0 bridgehead atoms. The summed E-state index contributed by atoms with van der Waals surface area (Å²) in [6, 6.07) is 79.2. The summed E-state index contributed by atoms with van der Waals surface area (Å²) >= 11 is 0. The molecule has 27 heteroatoms. The average Bonchev–Trinajstić information content (AvgIpc) is 0.831. The smallest absolute Gasteiger partial charge is 0.872 e. The number of hydrogen-bond acceptors (Lipinski definition) is 24. The zero-order chi connectivity index (χ0) is 76.0. The zero-order valence-electron chi connectivity index (χ0n) is 57.7. The summed E-state index contributed by atoms with van der Waals surface area (Å²) in [7, 11) is 0. The summed E-state index contributed by atoms with van der Waals surface area (Å²) in [4.78, 5) is 71.9. The molecule has 3 radical (unpaired) electrons. The number of carbonyl (C=O) groups excluding carboxylic acids is 3. The minimum Gasteiger partial charge on any atom is -0.872 e. The van der Waals surface area contributed by atoms with Gasteiger partial charge in [-0.1, -0.05) is 218 Å². The molecule has 0 saturated carbocycles. The molecular formula is C84H57Fe3N12O12. The Morgan fingerprint density at radius 3 is 0.541 bits per heavy atom. The van der Waals surface area contributed by atoms with Crippen molar-refractivity contribution in [1.29, 1.82) is 0 Å². The van der Waals surface area contributed by atoms with Gasteiger partial charge in [0.2, 0.25) is 17.8 Å². The van der Waals surface area contributed by atoms with Gasteiger partial charge >= 0.3 is 51.2 Å². The Hall–Kier alpha value is -14.2. The Balaban J connectivity index is 0.000000207. The van der Waals surface area contributed by atoms with Gasteiger partial charge in [0.1, 0.15) is 0 Å². The molecule has 549 valence electrons. The summed E-state index contributed by atoms with van der Waals surface area (Å²) in [5.74, 6) is -4.14. The van der Waals surface area contributed by atoms with Gasteiger partial charge in [-0.3, -0.25) is 30.0 Å². The van der Waals surface area contributed by atoms with Crippen molar-refractivity contribution in [3.8, 4) is 34.5 Å². The van der Waals surface area contributed by atoms with Crippen LogP contribution in [0.3, 0.4) is 0 Å². The van der Waals surface area contributed by atoms with E-state index in [4.69, 9.17) is 0 Å². The van der Waals surface area contributed by atoms with Crippen molar-refractivity contribution in [2.24, 2.45) is 30.0 Å². The second-order valence-electron chi connectivity index (χ2n) is 22.5. The average molecular weight is 1590 g/mol. The van der Waals surface area contributed by atoms with Crippen LogP contribution in [-0.4, -0.2) is 70.1 Å². The van der Waals surface area contributed by atoms with Crippen molar-refractivity contribution < 1.29 is 112 Å². The van der Waals surface area contributed by atoms with E-state index < -0.39 is 17.9 Å². The number of carbonyl (C=O) groups is 3. The van der Waals surface area contributed by atoms with Crippen LogP contribution >= 0.6 is 0 Å². The first-order chi connectivity index (χ1) is 52.5. The monoisotopic (exact) mass is 1590 g/mol. The van der Waals surface area contributed by atoms with Crippen LogP contribution in [-0.2, 0) is 51.2 Å². The number of hydrogen-bond donors (Lipinski definition) is 3. The van der Waals surface area contributed by atoms with Gasteiger partial charge in [-0.2, -0.15) is 15.0 Å². The van der Waals surface area contributed by atoms with Gasteiger partial charge in [0.05, 0.1) is 52.0 Å². The van der Waals surface area contributed by atoms with Gasteiger partial charge in [-0.05, 0) is 123 Å². The van der Waals surface area contributed by atoms with E-state index in [1.165, 1.54) is 146 Å². The van der Waals surface area contributed by atoms with Gasteiger partial charge in [0.25, 0.3) is 0 Å². The van der Waals surface area contributed by atoms with E-state index in [2.05, 4.69) is 60.9 Å². The topological polar surface area (TPSA) is 408 Å². The number of carboxylic acid groups (broad SMARTS) is 3. The second kappa shape index (κ2) is 42.8. The maximum Gasteiger partial charge on any atom is 3.00 e. The fraction of sp³-hybridized carbons (Fsp3) is 0. The molecule has 24 nitrogen and oxygen atoms in total. The molecule has 0 atom stereocenters. The summed E-state index contributed by atoms with van der Waals surface area (Å²) in [5, 5.41) is 112. The molecule has 0 amide bonds. The zero-order valence-corrected chi connectivity index (χ0v) is 61.0. The molecule has 111 heavy (non-hydrogen) atoms. The van der Waals surface area contributed by atoms with Crippen molar-refractivity contribution in [3.63, 3.8) is 0 Å². The molecule has 12 aromatic carbocycles. The number of anilines is 6. The van der Waals surface area contributed by atoms with E-state index in [0.29, 0.717) is 84.6 Å². The van der Waals surface area contributed by atoms with Crippen molar-refractivity contribution in [2.75, 3.05) is 16.0 Å². The Kier molecular flexibility index (Phi) is 32.5. The number of rotatable bonds is 21. The third-order valence-electron chi connectivity index (χ3n) is 15.0. The van der Waals surface area contributed by atoms with Crippen molar-refractivity contribution in [3.05, 3.63) is 341 Å². The van der Waals surface area contributed by atoms with Crippen molar-refractivity contribution >= 4 is 124 Å². The number of benzene rings is 12. The first-order valence-electron chi connectivity index (χ1n) is 32.6. The molecule has 13 rings (SSSR count). The number of nitrogens with one attached hydrogen (secondary N) is 3. The summed E-state index contributed by atoms with van der Waals surface area (Å²) in [5.41, 5.74) is 8.30. The molecule has 0 aliphatic heterocycles. The van der Waals surface area contributed by atoms with Gasteiger partial charge in [0, 0.05) is 54.3 Å². The number of aliphatic imine (C=N–C) groups is 6. The standard InChI is InChI=1S/C24H18N6O6.3C20H16N2O2.3Fe/c31-19(32)13-1-7-16(8-2-13)25-22-28-23(26-17-9-3-14(4-10-17)20(33)34)30-24(29-22)27-18-11-5-15(6-12-18)21(35)36;3*23-19-11-5-1-7-15(19)13-21-17-9-3-4-10-18(17)22-14-16-8-2-6-12-20(16)24;;;/h1-12H,(H,31,32)(H,33,34)(H,35,36)(H3,25,26,27,28,29,30);3*1-14,23-24H;;;/q;;;;3*+3/p-9. The van der Waals surface area contributed by atoms with E-state index in [-0.39, 0.29) is 120 Å². The predicted molar refractivity (Wildman–Crippen MR) is 400 cm³/mol. The molecule has 0 aliphatic rings. The fourth-order valence-corrected chi connectivity index (χ4v) is 9.41. The van der Waals surface area contributed by atoms with E-state index in [1.54, 1.807) is 146 Å².